The highest BCUT2D eigenvalue weighted by molar-refractivity contribution is 7.60. The summed E-state index contributed by atoms with van der Waals surface area (Å²) >= 11 is 0. The molecular formula is C14H24N2O17P2. The maximum atomic E-state index is 11.4. The number of phosphoric acid groups is 2. The van der Waals surface area contributed by atoms with Crippen molar-refractivity contribution in [1.82, 2.24) is 9.55 Å². The largest absolute Gasteiger partial charge is 0.481 e. The molecule has 21 heteroatoms. The molecule has 2 heterocycles. The van der Waals surface area contributed by atoms with Crippen molar-refractivity contribution in [3.63, 3.8) is 0 Å². The quantitative estimate of drug-likeness (QED) is 0.0953. The molecule has 2 rings (SSSR count). The van der Waals surface area contributed by atoms with Gasteiger partial charge in [0.15, 0.2) is 18.6 Å². The van der Waals surface area contributed by atoms with Gasteiger partial charge in [-0.2, -0.15) is 4.31 Å². The first kappa shape index (κ1) is 31.4. The number of ether oxygens (including phenoxy) is 1. The standard InChI is InChI=1S/C9H12N2O6.C5H12O11P2/c12-3-4-6(14)7(15)8(17-4)11-2-1-5(13)10-9(11)16;6-1-3(8)5(9)4(2-7)15-18(13,14)16-17(10,11)12/h1-2,4,6-8,12,14-15H,3H2,(H,10,13,16);2-6,8-9H,1H2,(H,13,14)(H2,10,11,12)/t4-,6-,7-,8-;3-,4+,5+/m11/s1. The molecule has 0 radical (unpaired) electrons. The van der Waals surface area contributed by atoms with Crippen molar-refractivity contribution in [2.24, 2.45) is 0 Å². The Hall–Kier alpha value is -1.67. The van der Waals surface area contributed by atoms with Crippen molar-refractivity contribution < 1.29 is 72.8 Å². The maximum absolute atomic E-state index is 11.4. The summed E-state index contributed by atoms with van der Waals surface area (Å²) in [6.07, 6.45) is -9.88. The number of aromatic nitrogens is 2. The minimum Gasteiger partial charge on any atom is -0.394 e. The van der Waals surface area contributed by atoms with E-state index in [0.717, 1.165) is 16.8 Å². The fraction of sp³-hybridized carbons (Fsp3) is 0.643. The van der Waals surface area contributed by atoms with Gasteiger partial charge in [-0.05, 0) is 0 Å². The summed E-state index contributed by atoms with van der Waals surface area (Å²) in [4.78, 5) is 60.2. The first-order valence-electron chi connectivity index (χ1n) is 9.21. The second kappa shape index (κ2) is 13.0. The minimum absolute atomic E-state index is 0.213. The van der Waals surface area contributed by atoms with E-state index in [2.05, 4.69) is 8.83 Å². The number of aldehydes is 1. The van der Waals surface area contributed by atoms with E-state index in [1.807, 2.05) is 4.98 Å². The molecule has 19 nitrogen and oxygen atoms in total. The number of rotatable bonds is 10. The van der Waals surface area contributed by atoms with Gasteiger partial charge in [0.1, 0.15) is 30.5 Å². The van der Waals surface area contributed by atoms with Crippen molar-refractivity contribution >= 4 is 21.9 Å². The molecule has 8 atom stereocenters. The molecule has 0 spiro atoms. The van der Waals surface area contributed by atoms with Gasteiger partial charge in [-0.3, -0.25) is 18.9 Å². The Morgan fingerprint density at radius 3 is 2.17 bits per heavy atom. The minimum atomic E-state index is -5.36. The Labute approximate surface area is 194 Å². The first-order valence-corrected chi connectivity index (χ1v) is 12.2. The summed E-state index contributed by atoms with van der Waals surface area (Å²) < 4.78 is 34.7. The Morgan fingerprint density at radius 2 is 1.74 bits per heavy atom. The Bertz CT molecular complexity index is 1040. The molecule has 1 aromatic rings. The van der Waals surface area contributed by atoms with E-state index in [1.54, 1.807) is 0 Å². The molecule has 1 unspecified atom stereocenters. The molecule has 1 aliphatic heterocycles. The molecule has 1 aromatic heterocycles. The van der Waals surface area contributed by atoms with Crippen LogP contribution in [0.1, 0.15) is 6.23 Å². The van der Waals surface area contributed by atoms with Crippen LogP contribution in [0.5, 0.6) is 0 Å². The van der Waals surface area contributed by atoms with Gasteiger partial charge in [0.05, 0.1) is 13.2 Å². The third-order valence-corrected chi connectivity index (χ3v) is 6.35. The Balaban J connectivity index is 0.000000350. The molecular weight excluding hydrogens is 530 g/mol. The van der Waals surface area contributed by atoms with Gasteiger partial charge in [0, 0.05) is 12.3 Å². The van der Waals surface area contributed by atoms with Gasteiger partial charge in [0.25, 0.3) is 5.56 Å². The van der Waals surface area contributed by atoms with Gasteiger partial charge in [-0.15, -0.1) is 0 Å². The predicted octanol–water partition coefficient (Wildman–Crippen LogP) is -5.36. The Kier molecular flexibility index (Phi) is 11.7. The maximum Gasteiger partial charge on any atom is 0.481 e. The van der Waals surface area contributed by atoms with Crippen LogP contribution in [-0.4, -0.2) is 111 Å². The number of nitrogens with one attached hydrogen (secondary N) is 1. The van der Waals surface area contributed by atoms with Gasteiger partial charge in [0.2, 0.25) is 0 Å². The number of aliphatic hydroxyl groups is 6. The molecule has 0 saturated carbocycles. The molecule has 0 aliphatic carbocycles. The lowest BCUT2D eigenvalue weighted by Crippen LogP contribution is -2.41. The second-order valence-corrected chi connectivity index (χ2v) is 9.52. The second-order valence-electron chi connectivity index (χ2n) is 6.73. The lowest BCUT2D eigenvalue weighted by molar-refractivity contribution is -0.126. The summed E-state index contributed by atoms with van der Waals surface area (Å²) in [6, 6.07) is 1.09. The van der Waals surface area contributed by atoms with Crippen molar-refractivity contribution in [1.29, 1.82) is 0 Å². The number of carbonyl (C=O) groups is 1. The van der Waals surface area contributed by atoms with E-state index < -0.39 is 83.0 Å². The van der Waals surface area contributed by atoms with Gasteiger partial charge in [-0.1, -0.05) is 0 Å². The van der Waals surface area contributed by atoms with Crippen LogP contribution in [0.25, 0.3) is 0 Å². The summed E-state index contributed by atoms with van der Waals surface area (Å²) in [7, 11) is -10.7. The summed E-state index contributed by atoms with van der Waals surface area (Å²) in [5, 5.41) is 54.7. The fourth-order valence-electron chi connectivity index (χ4n) is 2.54. The van der Waals surface area contributed by atoms with Crippen molar-refractivity contribution in [2.45, 2.75) is 42.9 Å². The van der Waals surface area contributed by atoms with Crippen LogP contribution in [-0.2, 0) is 27.5 Å². The highest BCUT2D eigenvalue weighted by Gasteiger charge is 2.43. The highest BCUT2D eigenvalue weighted by Crippen LogP contribution is 2.58. The van der Waals surface area contributed by atoms with E-state index in [0.29, 0.717) is 0 Å². The number of nitrogens with zero attached hydrogens (tertiary/aromatic N) is 1. The van der Waals surface area contributed by atoms with Crippen molar-refractivity contribution in [2.75, 3.05) is 13.2 Å². The van der Waals surface area contributed by atoms with Crippen LogP contribution in [0.15, 0.2) is 21.9 Å². The molecule has 0 amide bonds. The average molecular weight is 554 g/mol. The number of hydrogen-bond acceptors (Lipinski definition) is 14. The molecule has 1 saturated heterocycles. The van der Waals surface area contributed by atoms with Crippen LogP contribution < -0.4 is 11.2 Å². The predicted molar refractivity (Wildman–Crippen MR) is 107 cm³/mol. The lowest BCUT2D eigenvalue weighted by Gasteiger charge is -2.23. The number of carbonyl (C=O) groups excluding carboxylic acids is 1. The van der Waals surface area contributed by atoms with Crippen LogP contribution in [0.2, 0.25) is 0 Å². The molecule has 0 bridgehead atoms. The fourth-order valence-corrected chi connectivity index (χ4v) is 4.25. The highest BCUT2D eigenvalue weighted by atomic mass is 31.3. The third kappa shape index (κ3) is 9.37. The lowest BCUT2D eigenvalue weighted by atomic mass is 10.1. The third-order valence-electron chi connectivity index (χ3n) is 4.16. The summed E-state index contributed by atoms with van der Waals surface area (Å²) in [6.45, 7) is -1.46. The topological polar surface area (TPSA) is 316 Å². The van der Waals surface area contributed by atoms with E-state index >= 15 is 0 Å². The molecule has 35 heavy (non-hydrogen) atoms. The molecule has 10 N–H and O–H groups in total. The smallest absolute Gasteiger partial charge is 0.394 e. The first-order chi connectivity index (χ1) is 16.1. The molecule has 0 aromatic carbocycles. The number of phosphoric ester groups is 1. The summed E-state index contributed by atoms with van der Waals surface area (Å²) in [5.74, 6) is 0. The van der Waals surface area contributed by atoms with E-state index in [-0.39, 0.29) is 6.29 Å². The van der Waals surface area contributed by atoms with Gasteiger partial charge in [-0.25, -0.2) is 13.9 Å². The van der Waals surface area contributed by atoms with Crippen LogP contribution in [0, 0.1) is 0 Å². The van der Waals surface area contributed by atoms with Gasteiger partial charge >= 0.3 is 21.3 Å². The van der Waals surface area contributed by atoms with E-state index in [9.17, 15) is 38.8 Å². The van der Waals surface area contributed by atoms with Crippen LogP contribution in [0.4, 0.5) is 0 Å². The Morgan fingerprint density at radius 1 is 1.14 bits per heavy atom. The zero-order valence-electron chi connectivity index (χ0n) is 17.3. The zero-order valence-corrected chi connectivity index (χ0v) is 19.1. The summed E-state index contributed by atoms with van der Waals surface area (Å²) in [5.41, 5.74) is -1.33. The van der Waals surface area contributed by atoms with E-state index in [4.69, 9.17) is 34.7 Å². The van der Waals surface area contributed by atoms with Crippen LogP contribution in [0.3, 0.4) is 0 Å². The van der Waals surface area contributed by atoms with Crippen molar-refractivity contribution in [3.8, 4) is 0 Å². The van der Waals surface area contributed by atoms with Crippen molar-refractivity contribution in [3.05, 3.63) is 33.1 Å². The number of aromatic amines is 1. The SMILES string of the molecule is O=C[C@H](OP(=O)(O)OP(=O)(O)O)[C@@H](O)[C@H](O)CO.O=c1ccn([C@@H]2O[C@H](CO)[C@@H](O)[C@H]2O)c(=O)[nH]1. The molecule has 202 valence electrons. The average Bonchev–Trinajstić information content (AvgIpc) is 3.03. The number of H-pyrrole nitrogens is 1. The van der Waals surface area contributed by atoms with Gasteiger partial charge < -0.3 is 54.9 Å². The number of aliphatic hydroxyl groups excluding tert-OH is 6. The molecule has 1 aliphatic rings. The van der Waals surface area contributed by atoms with E-state index in [1.165, 1.54) is 0 Å². The number of hydrogen-bond donors (Lipinski definition) is 10. The van der Waals surface area contributed by atoms with Crippen LogP contribution >= 0.6 is 15.6 Å². The normalized spacial score (nSPS) is 26.7. The monoisotopic (exact) mass is 554 g/mol. The zero-order chi connectivity index (χ0) is 27.1. The molecule has 1 fully saturated rings.